The second-order valence-corrected chi connectivity index (χ2v) is 6.33. The van der Waals surface area contributed by atoms with Gasteiger partial charge >= 0.3 is 0 Å². The third-order valence-electron chi connectivity index (χ3n) is 3.48. The number of rotatable bonds is 4. The Morgan fingerprint density at radius 2 is 2.04 bits per heavy atom. The average molecular weight is 346 g/mol. The van der Waals surface area contributed by atoms with Gasteiger partial charge in [-0.1, -0.05) is 17.4 Å². The van der Waals surface area contributed by atoms with Gasteiger partial charge in [0.05, 0.1) is 19.4 Å². The Labute approximate surface area is 143 Å². The van der Waals surface area contributed by atoms with Crippen LogP contribution in [0.5, 0.6) is 0 Å². The molecule has 24 heavy (non-hydrogen) atoms. The lowest BCUT2D eigenvalue weighted by atomic mass is 10.2. The summed E-state index contributed by atoms with van der Waals surface area (Å²) >= 11 is 1.43. The van der Waals surface area contributed by atoms with Gasteiger partial charge in [0.2, 0.25) is 5.91 Å². The Hall–Kier alpha value is -2.45. The number of morpholine rings is 1. The maximum atomic E-state index is 12.3. The fourth-order valence-corrected chi connectivity index (χ4v) is 3.23. The minimum atomic E-state index is -0.259. The van der Waals surface area contributed by atoms with Crippen LogP contribution >= 0.6 is 11.3 Å². The summed E-state index contributed by atoms with van der Waals surface area (Å²) in [4.78, 5) is 29.9. The van der Waals surface area contributed by atoms with Gasteiger partial charge in [-0.15, -0.1) is 0 Å². The van der Waals surface area contributed by atoms with E-state index in [9.17, 15) is 9.59 Å². The zero-order chi connectivity index (χ0) is 16.9. The number of ether oxygens (including phenoxy) is 1. The van der Waals surface area contributed by atoms with E-state index in [-0.39, 0.29) is 11.8 Å². The van der Waals surface area contributed by atoms with Crippen LogP contribution in [0.2, 0.25) is 0 Å². The predicted octanol–water partition coefficient (Wildman–Crippen LogP) is 2.19. The summed E-state index contributed by atoms with van der Waals surface area (Å²) in [6.45, 7) is 4.49. The largest absolute Gasteiger partial charge is 0.378 e. The van der Waals surface area contributed by atoms with E-state index in [1.165, 1.54) is 18.3 Å². The van der Waals surface area contributed by atoms with Crippen LogP contribution in [-0.4, -0.2) is 43.1 Å². The Balaban J connectivity index is 1.66. The first kappa shape index (κ1) is 16.4. The lowest BCUT2D eigenvalue weighted by Gasteiger charge is -2.26. The van der Waals surface area contributed by atoms with Crippen LogP contribution in [0, 0.1) is 0 Å². The number of benzene rings is 1. The quantitative estimate of drug-likeness (QED) is 0.887. The summed E-state index contributed by atoms with van der Waals surface area (Å²) in [5, 5.41) is 7.02. The molecule has 2 aromatic rings. The summed E-state index contributed by atoms with van der Waals surface area (Å²) in [5.74, 6) is -0.437. The van der Waals surface area contributed by atoms with Crippen molar-refractivity contribution in [3.63, 3.8) is 0 Å². The number of hydrogen-bond acceptors (Lipinski definition) is 6. The average Bonchev–Trinajstić information content (AvgIpc) is 3.04. The third-order valence-corrected chi connectivity index (χ3v) is 4.46. The van der Waals surface area contributed by atoms with Crippen molar-refractivity contribution < 1.29 is 14.3 Å². The standard InChI is InChI=1S/C16H18N4O3S/c1-11(21)18-13-4-2-3-12(9-13)15(22)19-16-17-10-14(24-16)20-5-7-23-8-6-20/h2-4,9-10H,5-8H2,1H3,(H,18,21)(H,17,19,22). The van der Waals surface area contributed by atoms with E-state index in [2.05, 4.69) is 20.5 Å². The third kappa shape index (κ3) is 4.09. The fourth-order valence-electron chi connectivity index (χ4n) is 2.36. The molecule has 1 aliphatic heterocycles. The number of thiazole rings is 1. The summed E-state index contributed by atoms with van der Waals surface area (Å²) in [6, 6.07) is 6.78. The molecule has 7 nitrogen and oxygen atoms in total. The van der Waals surface area contributed by atoms with Gasteiger partial charge in [0.1, 0.15) is 5.00 Å². The number of nitrogens with zero attached hydrogens (tertiary/aromatic N) is 2. The van der Waals surface area contributed by atoms with Crippen LogP contribution in [-0.2, 0) is 9.53 Å². The molecular weight excluding hydrogens is 328 g/mol. The van der Waals surface area contributed by atoms with Gasteiger partial charge in [0, 0.05) is 31.3 Å². The van der Waals surface area contributed by atoms with E-state index in [1.807, 2.05) is 0 Å². The number of amides is 2. The molecule has 1 aromatic carbocycles. The molecule has 1 saturated heterocycles. The van der Waals surface area contributed by atoms with Crippen molar-refractivity contribution >= 4 is 39.0 Å². The van der Waals surface area contributed by atoms with Gasteiger partial charge in [-0.3, -0.25) is 14.9 Å². The lowest BCUT2D eigenvalue weighted by Crippen LogP contribution is -2.35. The Kier molecular flexibility index (Phi) is 5.07. The van der Waals surface area contributed by atoms with Gasteiger partial charge in [-0.25, -0.2) is 4.98 Å². The number of carbonyl (C=O) groups excluding carboxylic acids is 2. The van der Waals surface area contributed by atoms with Crippen LogP contribution in [0.25, 0.3) is 0 Å². The van der Waals surface area contributed by atoms with Crippen molar-refractivity contribution in [2.45, 2.75) is 6.92 Å². The highest BCUT2D eigenvalue weighted by molar-refractivity contribution is 7.19. The molecule has 0 spiro atoms. The molecule has 0 saturated carbocycles. The van der Waals surface area contributed by atoms with Crippen molar-refractivity contribution in [2.75, 3.05) is 41.8 Å². The SMILES string of the molecule is CC(=O)Nc1cccc(C(=O)Nc2ncc(N3CCOCC3)s2)c1. The fraction of sp³-hybridized carbons (Fsp3) is 0.312. The molecule has 1 fully saturated rings. The lowest BCUT2D eigenvalue weighted by molar-refractivity contribution is -0.114. The molecule has 0 radical (unpaired) electrons. The second kappa shape index (κ2) is 7.41. The molecule has 1 aliphatic rings. The van der Waals surface area contributed by atoms with Gasteiger partial charge in [-0.05, 0) is 18.2 Å². The molecule has 2 amide bonds. The molecule has 2 heterocycles. The van der Waals surface area contributed by atoms with E-state index in [4.69, 9.17) is 4.74 Å². The van der Waals surface area contributed by atoms with Crippen LogP contribution in [0.3, 0.4) is 0 Å². The van der Waals surface area contributed by atoms with E-state index in [0.717, 1.165) is 18.1 Å². The molecule has 0 atom stereocenters. The number of hydrogen-bond donors (Lipinski definition) is 2. The molecule has 0 unspecified atom stereocenters. The Morgan fingerprint density at radius 1 is 1.25 bits per heavy atom. The van der Waals surface area contributed by atoms with Crippen molar-refractivity contribution in [3.05, 3.63) is 36.0 Å². The molecule has 2 N–H and O–H groups in total. The maximum Gasteiger partial charge on any atom is 0.257 e. The molecule has 8 heteroatoms. The minimum absolute atomic E-state index is 0.178. The normalized spacial score (nSPS) is 14.3. The number of carbonyl (C=O) groups is 2. The first-order chi connectivity index (χ1) is 11.6. The van der Waals surface area contributed by atoms with Crippen molar-refractivity contribution in [2.24, 2.45) is 0 Å². The highest BCUT2D eigenvalue weighted by Crippen LogP contribution is 2.28. The maximum absolute atomic E-state index is 12.3. The van der Waals surface area contributed by atoms with Crippen LogP contribution < -0.4 is 15.5 Å². The Morgan fingerprint density at radius 3 is 2.79 bits per heavy atom. The van der Waals surface area contributed by atoms with Crippen LogP contribution in [0.4, 0.5) is 15.8 Å². The summed E-state index contributed by atoms with van der Waals surface area (Å²) in [5.41, 5.74) is 1.05. The van der Waals surface area contributed by atoms with E-state index >= 15 is 0 Å². The van der Waals surface area contributed by atoms with Gasteiger partial charge in [0.15, 0.2) is 5.13 Å². The van der Waals surface area contributed by atoms with Gasteiger partial charge < -0.3 is 15.0 Å². The second-order valence-electron chi connectivity index (χ2n) is 5.32. The minimum Gasteiger partial charge on any atom is -0.378 e. The summed E-state index contributed by atoms with van der Waals surface area (Å²) in [7, 11) is 0. The van der Waals surface area contributed by atoms with Gasteiger partial charge in [-0.2, -0.15) is 0 Å². The highest BCUT2D eigenvalue weighted by atomic mass is 32.1. The predicted molar refractivity (Wildman–Crippen MR) is 93.8 cm³/mol. The number of nitrogens with one attached hydrogen (secondary N) is 2. The summed E-state index contributed by atoms with van der Waals surface area (Å²) in [6.07, 6.45) is 1.76. The van der Waals surface area contributed by atoms with Crippen molar-refractivity contribution in [1.29, 1.82) is 0 Å². The molecule has 0 bridgehead atoms. The van der Waals surface area contributed by atoms with E-state index in [1.54, 1.807) is 30.5 Å². The number of anilines is 3. The first-order valence-corrected chi connectivity index (χ1v) is 8.41. The van der Waals surface area contributed by atoms with Crippen LogP contribution in [0.1, 0.15) is 17.3 Å². The topological polar surface area (TPSA) is 83.6 Å². The first-order valence-electron chi connectivity index (χ1n) is 7.59. The zero-order valence-corrected chi connectivity index (χ0v) is 14.1. The monoisotopic (exact) mass is 346 g/mol. The van der Waals surface area contributed by atoms with Crippen molar-refractivity contribution in [3.8, 4) is 0 Å². The number of aromatic nitrogens is 1. The molecule has 3 rings (SSSR count). The van der Waals surface area contributed by atoms with Gasteiger partial charge in [0.25, 0.3) is 5.91 Å². The van der Waals surface area contributed by atoms with Crippen molar-refractivity contribution in [1.82, 2.24) is 4.98 Å². The van der Waals surface area contributed by atoms with Crippen LogP contribution in [0.15, 0.2) is 30.5 Å². The molecule has 126 valence electrons. The molecule has 0 aliphatic carbocycles. The smallest absolute Gasteiger partial charge is 0.257 e. The van der Waals surface area contributed by atoms with E-state index < -0.39 is 0 Å². The molecule has 1 aromatic heterocycles. The highest BCUT2D eigenvalue weighted by Gasteiger charge is 2.15. The zero-order valence-electron chi connectivity index (χ0n) is 13.2. The molecular formula is C16H18N4O3S. The van der Waals surface area contributed by atoms with E-state index in [0.29, 0.717) is 29.6 Å². The summed E-state index contributed by atoms with van der Waals surface area (Å²) < 4.78 is 5.33. The Bertz CT molecular complexity index is 740.